The van der Waals surface area contributed by atoms with E-state index in [1.54, 1.807) is 21.0 Å². The highest BCUT2D eigenvalue weighted by Crippen LogP contribution is 2.19. The first-order chi connectivity index (χ1) is 12.3. The van der Waals surface area contributed by atoms with Crippen LogP contribution in [0.25, 0.3) is 0 Å². The minimum atomic E-state index is -0.457. The molecule has 0 unspecified atom stereocenters. The maximum atomic E-state index is 12.6. The maximum absolute atomic E-state index is 12.6. The fourth-order valence-electron chi connectivity index (χ4n) is 3.03. The van der Waals surface area contributed by atoms with Crippen LogP contribution in [0.4, 0.5) is 0 Å². The van der Waals surface area contributed by atoms with E-state index in [-0.39, 0.29) is 5.91 Å². The van der Waals surface area contributed by atoms with E-state index in [2.05, 4.69) is 15.4 Å². The number of hydrogen-bond acceptors (Lipinski definition) is 5. The average Bonchev–Trinajstić information content (AvgIpc) is 3.06. The third kappa shape index (κ3) is 3.80. The van der Waals surface area contributed by atoms with Crippen molar-refractivity contribution in [3.8, 4) is 0 Å². The molecule has 1 amide bonds. The van der Waals surface area contributed by atoms with E-state index < -0.39 is 5.97 Å². The third-order valence-corrected chi connectivity index (χ3v) is 4.52. The molecule has 0 saturated heterocycles. The van der Waals surface area contributed by atoms with Gasteiger partial charge in [0.05, 0.1) is 31.5 Å². The van der Waals surface area contributed by atoms with Gasteiger partial charge in [0, 0.05) is 30.6 Å². The van der Waals surface area contributed by atoms with Crippen LogP contribution in [0.2, 0.25) is 0 Å². The van der Waals surface area contributed by atoms with Crippen LogP contribution in [0.1, 0.15) is 49.1 Å². The number of H-pyrrole nitrogens is 1. The molecule has 2 aromatic heterocycles. The van der Waals surface area contributed by atoms with Gasteiger partial charge in [0.25, 0.3) is 5.91 Å². The monoisotopic (exact) mass is 362 g/mol. The molecule has 0 fully saturated rings. The minimum absolute atomic E-state index is 0.274. The number of methoxy groups -OCH3 is 2. The maximum Gasteiger partial charge on any atom is 0.339 e. The van der Waals surface area contributed by atoms with E-state index in [1.807, 2.05) is 18.5 Å². The fourth-order valence-corrected chi connectivity index (χ4v) is 3.03. The summed E-state index contributed by atoms with van der Waals surface area (Å²) < 4.78 is 11.7. The second kappa shape index (κ2) is 8.18. The smallest absolute Gasteiger partial charge is 0.339 e. The third-order valence-electron chi connectivity index (χ3n) is 4.52. The molecule has 0 aliphatic rings. The molecule has 8 nitrogen and oxygen atoms in total. The minimum Gasteiger partial charge on any atom is -0.465 e. The van der Waals surface area contributed by atoms with Gasteiger partial charge in [-0.3, -0.25) is 9.48 Å². The Balaban J connectivity index is 2.15. The van der Waals surface area contributed by atoms with Crippen molar-refractivity contribution in [2.24, 2.45) is 0 Å². The topological polar surface area (TPSA) is 98.2 Å². The van der Waals surface area contributed by atoms with Gasteiger partial charge < -0.3 is 19.8 Å². The number of amides is 1. The van der Waals surface area contributed by atoms with Gasteiger partial charge in [0.2, 0.25) is 0 Å². The second-order valence-corrected chi connectivity index (χ2v) is 6.16. The standard InChI is InChI=1S/C18H26N4O4/c1-10-15(18(24)26-6)12(3)20-16(10)17(23)19-9-14-11(2)21-22(13(14)4)7-8-25-5/h20H,7-9H2,1-6H3,(H,19,23). The van der Waals surface area contributed by atoms with E-state index in [0.717, 1.165) is 17.0 Å². The van der Waals surface area contributed by atoms with Gasteiger partial charge in [-0.2, -0.15) is 5.10 Å². The largest absolute Gasteiger partial charge is 0.465 e. The molecule has 26 heavy (non-hydrogen) atoms. The molecule has 8 heteroatoms. The molecule has 0 bridgehead atoms. The highest BCUT2D eigenvalue weighted by Gasteiger charge is 2.22. The zero-order chi connectivity index (χ0) is 19.4. The Morgan fingerprint density at radius 3 is 2.50 bits per heavy atom. The van der Waals surface area contributed by atoms with Crippen LogP contribution in [-0.2, 0) is 22.6 Å². The van der Waals surface area contributed by atoms with Gasteiger partial charge in [-0.15, -0.1) is 0 Å². The van der Waals surface area contributed by atoms with E-state index in [1.165, 1.54) is 7.11 Å². The van der Waals surface area contributed by atoms with Crippen LogP contribution in [0.3, 0.4) is 0 Å². The SMILES string of the molecule is COCCn1nc(C)c(CNC(=O)c2[nH]c(C)c(C(=O)OC)c2C)c1C. The number of nitrogens with one attached hydrogen (secondary N) is 2. The van der Waals surface area contributed by atoms with Crippen molar-refractivity contribution in [1.82, 2.24) is 20.1 Å². The van der Waals surface area contributed by atoms with Gasteiger partial charge >= 0.3 is 5.97 Å². The highest BCUT2D eigenvalue weighted by atomic mass is 16.5. The summed E-state index contributed by atoms with van der Waals surface area (Å²) in [5, 5.41) is 7.38. The van der Waals surface area contributed by atoms with Crippen LogP contribution in [0, 0.1) is 27.7 Å². The summed E-state index contributed by atoms with van der Waals surface area (Å²) in [5.74, 6) is -0.731. The Bertz CT molecular complexity index is 820. The Morgan fingerprint density at radius 1 is 1.19 bits per heavy atom. The van der Waals surface area contributed by atoms with Gasteiger partial charge in [-0.25, -0.2) is 4.79 Å². The van der Waals surface area contributed by atoms with E-state index in [4.69, 9.17) is 9.47 Å². The van der Waals surface area contributed by atoms with Crippen LogP contribution < -0.4 is 5.32 Å². The van der Waals surface area contributed by atoms with Gasteiger partial charge in [0.1, 0.15) is 5.69 Å². The molecule has 0 radical (unpaired) electrons. The average molecular weight is 362 g/mol. The molecule has 0 aliphatic carbocycles. The first kappa shape index (κ1) is 19.7. The van der Waals surface area contributed by atoms with Crippen molar-refractivity contribution < 1.29 is 19.1 Å². The van der Waals surface area contributed by atoms with Gasteiger partial charge in [-0.05, 0) is 33.3 Å². The number of ether oxygens (including phenoxy) is 2. The van der Waals surface area contributed by atoms with Crippen LogP contribution >= 0.6 is 0 Å². The molecule has 142 valence electrons. The van der Waals surface area contributed by atoms with Crippen molar-refractivity contribution in [2.45, 2.75) is 40.8 Å². The predicted octanol–water partition coefficient (Wildman–Crippen LogP) is 1.81. The van der Waals surface area contributed by atoms with Crippen LogP contribution in [0.5, 0.6) is 0 Å². The highest BCUT2D eigenvalue weighted by molar-refractivity contribution is 6.00. The first-order valence-corrected chi connectivity index (χ1v) is 8.39. The summed E-state index contributed by atoms with van der Waals surface area (Å²) >= 11 is 0. The Kier molecular flexibility index (Phi) is 6.20. The lowest BCUT2D eigenvalue weighted by Gasteiger charge is -2.07. The number of hydrogen-bond donors (Lipinski definition) is 2. The van der Waals surface area contributed by atoms with Crippen LogP contribution in [-0.4, -0.2) is 47.5 Å². The number of aromatic nitrogens is 3. The zero-order valence-corrected chi connectivity index (χ0v) is 16.1. The quantitative estimate of drug-likeness (QED) is 0.732. The van der Waals surface area contributed by atoms with E-state index in [9.17, 15) is 9.59 Å². The molecular formula is C18H26N4O4. The number of aryl methyl sites for hydroxylation is 2. The van der Waals surface area contributed by atoms with Crippen molar-refractivity contribution in [3.63, 3.8) is 0 Å². The summed E-state index contributed by atoms with van der Waals surface area (Å²) in [7, 11) is 2.97. The Labute approximate surface area is 152 Å². The fraction of sp³-hybridized carbons (Fsp3) is 0.500. The lowest BCUT2D eigenvalue weighted by molar-refractivity contribution is 0.0599. The van der Waals surface area contributed by atoms with E-state index >= 15 is 0 Å². The number of nitrogens with zero attached hydrogens (tertiary/aromatic N) is 2. The number of aromatic amines is 1. The van der Waals surface area contributed by atoms with Crippen LogP contribution in [0.15, 0.2) is 0 Å². The van der Waals surface area contributed by atoms with Crippen molar-refractivity contribution in [3.05, 3.63) is 39.5 Å². The molecular weight excluding hydrogens is 336 g/mol. The number of carbonyl (C=O) groups is 2. The molecule has 0 saturated carbocycles. The van der Waals surface area contributed by atoms with Crippen molar-refractivity contribution >= 4 is 11.9 Å². The molecule has 2 aromatic rings. The molecule has 0 atom stereocenters. The predicted molar refractivity (Wildman–Crippen MR) is 96.4 cm³/mol. The van der Waals surface area contributed by atoms with Gasteiger partial charge in [-0.1, -0.05) is 0 Å². The number of rotatable bonds is 7. The lowest BCUT2D eigenvalue weighted by Crippen LogP contribution is -2.24. The van der Waals surface area contributed by atoms with Crippen molar-refractivity contribution in [1.29, 1.82) is 0 Å². The molecule has 0 spiro atoms. The summed E-state index contributed by atoms with van der Waals surface area (Å²) in [6.07, 6.45) is 0. The normalized spacial score (nSPS) is 10.8. The number of esters is 1. The Morgan fingerprint density at radius 2 is 1.88 bits per heavy atom. The molecule has 0 aromatic carbocycles. The first-order valence-electron chi connectivity index (χ1n) is 8.39. The summed E-state index contributed by atoms with van der Waals surface area (Å²) in [6, 6.07) is 0. The summed E-state index contributed by atoms with van der Waals surface area (Å²) in [5.41, 5.74) is 4.80. The number of carbonyl (C=O) groups excluding carboxylic acids is 2. The lowest BCUT2D eigenvalue weighted by atomic mass is 10.1. The van der Waals surface area contributed by atoms with E-state index in [0.29, 0.717) is 42.2 Å². The second-order valence-electron chi connectivity index (χ2n) is 6.16. The molecule has 2 N–H and O–H groups in total. The molecule has 0 aliphatic heterocycles. The van der Waals surface area contributed by atoms with Gasteiger partial charge in [0.15, 0.2) is 0 Å². The molecule has 2 rings (SSSR count). The zero-order valence-electron chi connectivity index (χ0n) is 16.1. The molecule has 2 heterocycles. The summed E-state index contributed by atoms with van der Waals surface area (Å²) in [4.78, 5) is 27.4. The Hall–Kier alpha value is -2.61. The summed E-state index contributed by atoms with van der Waals surface area (Å²) in [6.45, 7) is 8.94. The van der Waals surface area contributed by atoms with Crippen molar-refractivity contribution in [2.75, 3.05) is 20.8 Å².